The summed E-state index contributed by atoms with van der Waals surface area (Å²) in [5.41, 5.74) is 0. The molecule has 0 radical (unpaired) electrons. The quantitative estimate of drug-likeness (QED) is 0.760. The molecule has 2 N–H and O–H groups in total. The smallest absolute Gasteiger partial charge is 0.220 e. The maximum atomic E-state index is 11.7. The number of amides is 1. The topological polar surface area (TPSA) is 64.9 Å². The Labute approximate surface area is 104 Å². The molecule has 1 aliphatic heterocycles. The summed E-state index contributed by atoms with van der Waals surface area (Å²) in [5, 5.41) is 14.8. The summed E-state index contributed by atoms with van der Waals surface area (Å²) in [6.07, 6.45) is 3.38. The number of nitrogens with one attached hydrogen (secondary N) is 2. The molecule has 17 heavy (non-hydrogen) atoms. The lowest BCUT2D eigenvalue weighted by atomic mass is 9.85. The van der Waals surface area contributed by atoms with Crippen LogP contribution in [0.3, 0.4) is 0 Å². The molecule has 3 unspecified atom stereocenters. The highest BCUT2D eigenvalue weighted by molar-refractivity contribution is 5.76. The first kappa shape index (κ1) is 14.0. The Morgan fingerprint density at radius 1 is 1.59 bits per heavy atom. The molecule has 1 heterocycles. The van der Waals surface area contributed by atoms with E-state index in [9.17, 15) is 4.79 Å². The SMILES string of the molecule is CC(CC#N)NC(=O)CC(C)C1CCCNC1. The molecule has 96 valence electrons. The number of hydrogen-bond donors (Lipinski definition) is 2. The van der Waals surface area contributed by atoms with E-state index in [1.54, 1.807) is 0 Å². The lowest BCUT2D eigenvalue weighted by Gasteiger charge is -2.28. The van der Waals surface area contributed by atoms with Crippen LogP contribution >= 0.6 is 0 Å². The highest BCUT2D eigenvalue weighted by atomic mass is 16.1. The Bertz CT molecular complexity index is 279. The number of carbonyl (C=O) groups is 1. The fourth-order valence-corrected chi connectivity index (χ4v) is 2.35. The van der Waals surface area contributed by atoms with Crippen molar-refractivity contribution >= 4 is 5.91 Å². The molecule has 0 aromatic carbocycles. The monoisotopic (exact) mass is 237 g/mol. The van der Waals surface area contributed by atoms with E-state index in [1.807, 2.05) is 6.92 Å². The highest BCUT2D eigenvalue weighted by Gasteiger charge is 2.22. The Morgan fingerprint density at radius 3 is 2.94 bits per heavy atom. The predicted molar refractivity (Wildman–Crippen MR) is 67.2 cm³/mol. The first-order valence-electron chi connectivity index (χ1n) is 6.50. The van der Waals surface area contributed by atoms with Gasteiger partial charge in [-0.2, -0.15) is 5.26 Å². The van der Waals surface area contributed by atoms with Crippen molar-refractivity contribution in [3.05, 3.63) is 0 Å². The zero-order chi connectivity index (χ0) is 12.7. The van der Waals surface area contributed by atoms with E-state index in [0.29, 0.717) is 24.7 Å². The molecule has 0 aromatic rings. The summed E-state index contributed by atoms with van der Waals surface area (Å²) in [6.45, 7) is 6.15. The Balaban J connectivity index is 2.27. The fourth-order valence-electron chi connectivity index (χ4n) is 2.35. The van der Waals surface area contributed by atoms with Gasteiger partial charge in [-0.05, 0) is 44.7 Å². The third kappa shape index (κ3) is 5.18. The largest absolute Gasteiger partial charge is 0.353 e. The molecular formula is C13H23N3O. The highest BCUT2D eigenvalue weighted by Crippen LogP contribution is 2.22. The van der Waals surface area contributed by atoms with Crippen LogP contribution in [0.4, 0.5) is 0 Å². The Morgan fingerprint density at radius 2 is 2.35 bits per heavy atom. The van der Waals surface area contributed by atoms with E-state index in [4.69, 9.17) is 5.26 Å². The number of nitriles is 1. The van der Waals surface area contributed by atoms with Crippen molar-refractivity contribution < 1.29 is 4.79 Å². The molecule has 1 aliphatic rings. The van der Waals surface area contributed by atoms with Crippen molar-refractivity contribution in [1.82, 2.24) is 10.6 Å². The molecule has 0 saturated carbocycles. The maximum Gasteiger partial charge on any atom is 0.220 e. The molecule has 4 nitrogen and oxygen atoms in total. The summed E-state index contributed by atoms with van der Waals surface area (Å²) in [4.78, 5) is 11.7. The number of hydrogen-bond acceptors (Lipinski definition) is 3. The van der Waals surface area contributed by atoms with Gasteiger partial charge in [-0.3, -0.25) is 4.79 Å². The standard InChI is InChI=1S/C13H23N3O/c1-10(12-4-3-7-15-9-12)8-13(17)16-11(2)5-6-14/h10-12,15H,3-5,7-9H2,1-2H3,(H,16,17). The van der Waals surface area contributed by atoms with E-state index in [0.717, 1.165) is 13.1 Å². The lowest BCUT2D eigenvalue weighted by molar-refractivity contribution is -0.122. The van der Waals surface area contributed by atoms with Crippen LogP contribution in [-0.2, 0) is 4.79 Å². The lowest BCUT2D eigenvalue weighted by Crippen LogP contribution is -2.37. The van der Waals surface area contributed by atoms with Crippen LogP contribution in [0.15, 0.2) is 0 Å². The number of carbonyl (C=O) groups excluding carboxylic acids is 1. The zero-order valence-corrected chi connectivity index (χ0v) is 10.8. The summed E-state index contributed by atoms with van der Waals surface area (Å²) < 4.78 is 0. The third-order valence-electron chi connectivity index (χ3n) is 3.45. The van der Waals surface area contributed by atoms with Crippen molar-refractivity contribution in [2.45, 2.75) is 45.6 Å². The second kappa shape index (κ2) is 7.29. The normalized spacial score (nSPS) is 23.5. The maximum absolute atomic E-state index is 11.7. The van der Waals surface area contributed by atoms with Crippen molar-refractivity contribution in [3.63, 3.8) is 0 Å². The second-order valence-electron chi connectivity index (χ2n) is 5.12. The molecule has 1 fully saturated rings. The minimum atomic E-state index is -0.0378. The summed E-state index contributed by atoms with van der Waals surface area (Å²) >= 11 is 0. The van der Waals surface area contributed by atoms with Gasteiger partial charge >= 0.3 is 0 Å². The van der Waals surface area contributed by atoms with Gasteiger partial charge in [0, 0.05) is 12.5 Å². The molecule has 0 bridgehead atoms. The molecule has 1 rings (SSSR count). The third-order valence-corrected chi connectivity index (χ3v) is 3.45. The summed E-state index contributed by atoms with van der Waals surface area (Å²) in [5.74, 6) is 1.10. The van der Waals surface area contributed by atoms with E-state index in [1.165, 1.54) is 12.8 Å². The van der Waals surface area contributed by atoms with E-state index < -0.39 is 0 Å². The van der Waals surface area contributed by atoms with Crippen LogP contribution in [0.25, 0.3) is 0 Å². The average Bonchev–Trinajstić information content (AvgIpc) is 2.30. The zero-order valence-electron chi connectivity index (χ0n) is 10.8. The van der Waals surface area contributed by atoms with Gasteiger partial charge in [0.15, 0.2) is 0 Å². The van der Waals surface area contributed by atoms with Gasteiger partial charge in [-0.1, -0.05) is 6.92 Å². The van der Waals surface area contributed by atoms with Crippen LogP contribution < -0.4 is 10.6 Å². The average molecular weight is 237 g/mol. The summed E-state index contributed by atoms with van der Waals surface area (Å²) in [6, 6.07) is 2.03. The molecule has 0 aromatic heterocycles. The minimum Gasteiger partial charge on any atom is -0.353 e. The Kier molecular flexibility index (Phi) is 5.99. The fraction of sp³-hybridized carbons (Fsp3) is 0.846. The molecule has 1 amide bonds. The van der Waals surface area contributed by atoms with E-state index in [2.05, 4.69) is 23.6 Å². The first-order chi connectivity index (χ1) is 8.13. The van der Waals surface area contributed by atoms with Crippen molar-refractivity contribution in [1.29, 1.82) is 5.26 Å². The molecular weight excluding hydrogens is 214 g/mol. The first-order valence-corrected chi connectivity index (χ1v) is 6.50. The van der Waals surface area contributed by atoms with Crippen LogP contribution in [0.5, 0.6) is 0 Å². The summed E-state index contributed by atoms with van der Waals surface area (Å²) in [7, 11) is 0. The molecule has 1 saturated heterocycles. The van der Waals surface area contributed by atoms with Crippen LogP contribution in [-0.4, -0.2) is 25.0 Å². The van der Waals surface area contributed by atoms with Crippen LogP contribution in [0, 0.1) is 23.2 Å². The van der Waals surface area contributed by atoms with E-state index in [-0.39, 0.29) is 11.9 Å². The second-order valence-corrected chi connectivity index (χ2v) is 5.12. The van der Waals surface area contributed by atoms with Gasteiger partial charge in [0.1, 0.15) is 0 Å². The van der Waals surface area contributed by atoms with Crippen LogP contribution in [0.2, 0.25) is 0 Å². The molecule has 4 heteroatoms. The molecule has 0 aliphatic carbocycles. The van der Waals surface area contributed by atoms with Gasteiger partial charge in [0.25, 0.3) is 0 Å². The van der Waals surface area contributed by atoms with Gasteiger partial charge in [-0.15, -0.1) is 0 Å². The van der Waals surface area contributed by atoms with Gasteiger partial charge < -0.3 is 10.6 Å². The van der Waals surface area contributed by atoms with Gasteiger partial charge in [0.05, 0.1) is 12.5 Å². The number of rotatable bonds is 5. The number of nitrogens with zero attached hydrogens (tertiary/aromatic N) is 1. The minimum absolute atomic E-state index is 0.0378. The van der Waals surface area contributed by atoms with Crippen molar-refractivity contribution in [3.8, 4) is 6.07 Å². The Hall–Kier alpha value is -1.08. The van der Waals surface area contributed by atoms with Crippen LogP contribution in [0.1, 0.15) is 39.5 Å². The van der Waals surface area contributed by atoms with Crippen molar-refractivity contribution in [2.24, 2.45) is 11.8 Å². The van der Waals surface area contributed by atoms with Gasteiger partial charge in [-0.25, -0.2) is 0 Å². The number of piperidine rings is 1. The van der Waals surface area contributed by atoms with Gasteiger partial charge in [0.2, 0.25) is 5.91 Å². The van der Waals surface area contributed by atoms with Crippen molar-refractivity contribution in [2.75, 3.05) is 13.1 Å². The predicted octanol–water partition coefficient (Wildman–Crippen LogP) is 1.43. The molecule has 3 atom stereocenters. The van der Waals surface area contributed by atoms with E-state index >= 15 is 0 Å². The molecule has 0 spiro atoms.